The van der Waals surface area contributed by atoms with Gasteiger partial charge in [-0.15, -0.1) is 0 Å². The van der Waals surface area contributed by atoms with Gasteiger partial charge in [-0.2, -0.15) is 0 Å². The molecule has 1 rings (SSSR count). The molecule has 0 atom stereocenters. The Morgan fingerprint density at radius 3 is 2.47 bits per heavy atom. The first-order chi connectivity index (χ1) is 6.98. The van der Waals surface area contributed by atoms with Crippen LogP contribution < -0.4 is 5.32 Å². The van der Waals surface area contributed by atoms with E-state index in [4.69, 9.17) is 0 Å². The van der Waals surface area contributed by atoms with Gasteiger partial charge in [0.2, 0.25) is 10.0 Å². The van der Waals surface area contributed by atoms with Gasteiger partial charge in [0.1, 0.15) is 10.7 Å². The van der Waals surface area contributed by atoms with Crippen molar-refractivity contribution in [3.05, 3.63) is 18.3 Å². The second-order valence-electron chi connectivity index (χ2n) is 3.20. The van der Waals surface area contributed by atoms with Crippen LogP contribution in [0, 0.1) is 0 Å². The summed E-state index contributed by atoms with van der Waals surface area (Å²) in [7, 11) is -0.378. The van der Waals surface area contributed by atoms with E-state index in [1.165, 1.54) is 20.3 Å². The summed E-state index contributed by atoms with van der Waals surface area (Å²) < 4.78 is 24.5. The minimum Gasteiger partial charge on any atom is -0.370 e. The molecule has 0 radical (unpaired) electrons. The van der Waals surface area contributed by atoms with E-state index in [-0.39, 0.29) is 4.90 Å². The van der Waals surface area contributed by atoms with Crippen LogP contribution in [0.3, 0.4) is 0 Å². The molecule has 0 bridgehead atoms. The maximum absolute atomic E-state index is 11.7. The second kappa shape index (κ2) is 4.59. The van der Waals surface area contributed by atoms with Crippen molar-refractivity contribution < 1.29 is 8.42 Å². The van der Waals surface area contributed by atoms with E-state index >= 15 is 0 Å². The Labute approximate surface area is 90.2 Å². The fourth-order valence-corrected chi connectivity index (χ4v) is 1.88. The first-order valence-electron chi connectivity index (χ1n) is 4.61. The number of anilines is 1. The van der Waals surface area contributed by atoms with E-state index < -0.39 is 10.0 Å². The summed E-state index contributed by atoms with van der Waals surface area (Å²) in [4.78, 5) is 4.20. The van der Waals surface area contributed by atoms with Crippen LogP contribution in [0.1, 0.15) is 6.92 Å². The maximum atomic E-state index is 11.7. The third kappa shape index (κ3) is 2.66. The number of pyridine rings is 1. The van der Waals surface area contributed by atoms with Crippen molar-refractivity contribution in [1.82, 2.24) is 9.29 Å². The Bertz CT molecular complexity index is 411. The van der Waals surface area contributed by atoms with E-state index in [2.05, 4.69) is 10.3 Å². The Balaban J connectivity index is 2.99. The first kappa shape index (κ1) is 11.9. The van der Waals surface area contributed by atoms with Crippen molar-refractivity contribution in [2.75, 3.05) is 26.0 Å². The van der Waals surface area contributed by atoms with Crippen molar-refractivity contribution in [2.24, 2.45) is 0 Å². The summed E-state index contributed by atoms with van der Waals surface area (Å²) in [6, 6.07) is 3.19. The molecule has 0 aliphatic rings. The van der Waals surface area contributed by atoms with Crippen LogP contribution in [-0.4, -0.2) is 38.3 Å². The number of nitrogens with one attached hydrogen (secondary N) is 1. The molecule has 0 saturated heterocycles. The zero-order valence-electron chi connectivity index (χ0n) is 9.06. The number of nitrogens with zero attached hydrogens (tertiary/aromatic N) is 2. The average Bonchev–Trinajstić information content (AvgIpc) is 2.19. The highest BCUT2D eigenvalue weighted by molar-refractivity contribution is 7.89. The number of aromatic nitrogens is 1. The minimum atomic E-state index is -3.37. The highest BCUT2D eigenvalue weighted by Gasteiger charge is 2.16. The van der Waals surface area contributed by atoms with Crippen LogP contribution in [-0.2, 0) is 10.0 Å². The molecule has 1 aromatic heterocycles. The predicted octanol–water partition coefficient (Wildman–Crippen LogP) is 0.764. The standard InChI is InChI=1S/C9H15N3O2S/c1-4-10-9-6-5-8(7-11-9)15(13,14)12(2)3/h5-7H,4H2,1-3H3,(H,10,11). The van der Waals surface area contributed by atoms with Crippen molar-refractivity contribution in [2.45, 2.75) is 11.8 Å². The lowest BCUT2D eigenvalue weighted by molar-refractivity contribution is 0.520. The van der Waals surface area contributed by atoms with Crippen LogP contribution in [0.15, 0.2) is 23.2 Å². The van der Waals surface area contributed by atoms with Crippen LogP contribution in [0.5, 0.6) is 0 Å². The van der Waals surface area contributed by atoms with Gasteiger partial charge >= 0.3 is 0 Å². The van der Waals surface area contributed by atoms with E-state index in [9.17, 15) is 8.42 Å². The van der Waals surface area contributed by atoms with Crippen molar-refractivity contribution in [3.8, 4) is 0 Å². The molecule has 1 N–H and O–H groups in total. The second-order valence-corrected chi connectivity index (χ2v) is 5.35. The maximum Gasteiger partial charge on any atom is 0.244 e. The molecule has 0 aliphatic heterocycles. The fourth-order valence-electron chi connectivity index (χ4n) is 1.03. The Morgan fingerprint density at radius 2 is 2.07 bits per heavy atom. The average molecular weight is 229 g/mol. The van der Waals surface area contributed by atoms with Gasteiger partial charge in [0.05, 0.1) is 0 Å². The smallest absolute Gasteiger partial charge is 0.244 e. The van der Waals surface area contributed by atoms with Crippen molar-refractivity contribution >= 4 is 15.8 Å². The summed E-state index contributed by atoms with van der Waals surface area (Å²) in [6.45, 7) is 2.71. The quantitative estimate of drug-likeness (QED) is 0.828. The van der Waals surface area contributed by atoms with Gasteiger partial charge in [0.15, 0.2) is 0 Å². The molecule has 15 heavy (non-hydrogen) atoms. The molecule has 0 fully saturated rings. The van der Waals surface area contributed by atoms with Crippen LogP contribution >= 0.6 is 0 Å². The Kier molecular flexibility index (Phi) is 3.65. The third-order valence-corrected chi connectivity index (χ3v) is 3.67. The zero-order chi connectivity index (χ0) is 11.5. The summed E-state index contributed by atoms with van der Waals surface area (Å²) in [6.07, 6.45) is 1.35. The topological polar surface area (TPSA) is 62.3 Å². The van der Waals surface area contributed by atoms with E-state index in [0.717, 1.165) is 10.8 Å². The molecule has 0 saturated carbocycles. The molecule has 0 spiro atoms. The Hall–Kier alpha value is -1.14. The van der Waals surface area contributed by atoms with Gasteiger partial charge < -0.3 is 5.32 Å². The molecular weight excluding hydrogens is 214 g/mol. The van der Waals surface area contributed by atoms with Gasteiger partial charge in [-0.25, -0.2) is 17.7 Å². The largest absolute Gasteiger partial charge is 0.370 e. The summed E-state index contributed by atoms with van der Waals surface area (Å²) in [5, 5.41) is 3.00. The Morgan fingerprint density at radius 1 is 1.40 bits per heavy atom. The molecule has 0 amide bonds. The number of hydrogen-bond acceptors (Lipinski definition) is 4. The molecule has 5 nitrogen and oxygen atoms in total. The third-order valence-electron chi connectivity index (χ3n) is 1.87. The van der Waals surface area contributed by atoms with Gasteiger partial charge in [-0.3, -0.25) is 0 Å². The van der Waals surface area contributed by atoms with Gasteiger partial charge in [0, 0.05) is 26.8 Å². The van der Waals surface area contributed by atoms with E-state index in [1.807, 2.05) is 6.92 Å². The normalized spacial score (nSPS) is 11.7. The van der Waals surface area contributed by atoms with Crippen molar-refractivity contribution in [3.63, 3.8) is 0 Å². The summed E-state index contributed by atoms with van der Waals surface area (Å²) in [5.74, 6) is 0.676. The van der Waals surface area contributed by atoms with Crippen LogP contribution in [0.25, 0.3) is 0 Å². The van der Waals surface area contributed by atoms with E-state index in [1.54, 1.807) is 12.1 Å². The van der Waals surface area contributed by atoms with Crippen LogP contribution in [0.2, 0.25) is 0 Å². The lowest BCUT2D eigenvalue weighted by Crippen LogP contribution is -2.22. The SMILES string of the molecule is CCNc1ccc(S(=O)(=O)N(C)C)cn1. The molecule has 1 aromatic rings. The highest BCUT2D eigenvalue weighted by atomic mass is 32.2. The molecule has 1 heterocycles. The van der Waals surface area contributed by atoms with Gasteiger partial charge in [-0.1, -0.05) is 0 Å². The summed E-state index contributed by atoms with van der Waals surface area (Å²) >= 11 is 0. The van der Waals surface area contributed by atoms with Crippen molar-refractivity contribution in [1.29, 1.82) is 0 Å². The number of rotatable bonds is 4. The van der Waals surface area contributed by atoms with Gasteiger partial charge in [0.25, 0.3) is 0 Å². The minimum absolute atomic E-state index is 0.203. The van der Waals surface area contributed by atoms with Gasteiger partial charge in [-0.05, 0) is 19.1 Å². The molecule has 0 aliphatic carbocycles. The number of sulfonamides is 1. The molecule has 84 valence electrons. The predicted molar refractivity (Wildman–Crippen MR) is 59.3 cm³/mol. The lowest BCUT2D eigenvalue weighted by atomic mass is 10.4. The highest BCUT2D eigenvalue weighted by Crippen LogP contribution is 2.13. The molecule has 6 heteroatoms. The zero-order valence-corrected chi connectivity index (χ0v) is 9.87. The monoisotopic (exact) mass is 229 g/mol. The summed E-state index contributed by atoms with van der Waals surface area (Å²) in [5.41, 5.74) is 0. The fraction of sp³-hybridized carbons (Fsp3) is 0.444. The molecular formula is C9H15N3O2S. The molecule has 0 aromatic carbocycles. The van der Waals surface area contributed by atoms with Crippen LogP contribution in [0.4, 0.5) is 5.82 Å². The first-order valence-corrected chi connectivity index (χ1v) is 6.05. The molecule has 0 unspecified atom stereocenters. The lowest BCUT2D eigenvalue weighted by Gasteiger charge is -2.11. The number of hydrogen-bond donors (Lipinski definition) is 1. The van der Waals surface area contributed by atoms with E-state index in [0.29, 0.717) is 5.82 Å².